The fourth-order valence-electron chi connectivity index (χ4n) is 1.52. The van der Waals surface area contributed by atoms with Gasteiger partial charge in [0.25, 0.3) is 0 Å². The molecule has 0 aromatic heterocycles. The summed E-state index contributed by atoms with van der Waals surface area (Å²) in [5.41, 5.74) is 6.94. The first-order chi connectivity index (χ1) is 7.10. The quantitative estimate of drug-likeness (QED) is 0.886. The highest BCUT2D eigenvalue weighted by atomic mass is 35.5. The van der Waals surface area contributed by atoms with Crippen LogP contribution >= 0.6 is 12.4 Å². The number of rotatable bonds is 4. The molecule has 0 aliphatic rings. The van der Waals surface area contributed by atoms with Crippen molar-refractivity contribution in [3.8, 4) is 5.75 Å². The molecule has 2 nitrogen and oxygen atoms in total. The van der Waals surface area contributed by atoms with Crippen LogP contribution in [-0.4, -0.2) is 7.11 Å². The average Bonchev–Trinajstić information content (AvgIpc) is 2.26. The van der Waals surface area contributed by atoms with Gasteiger partial charge in [-0.3, -0.25) is 0 Å². The summed E-state index contributed by atoms with van der Waals surface area (Å²) >= 11 is 0. The van der Waals surface area contributed by atoms with E-state index in [1.807, 2.05) is 0 Å². The Balaban J connectivity index is 0.00000225. The van der Waals surface area contributed by atoms with E-state index in [2.05, 4.69) is 13.8 Å². The number of ether oxygens (including phenoxy) is 1. The zero-order valence-corrected chi connectivity index (χ0v) is 10.7. The van der Waals surface area contributed by atoms with Crippen LogP contribution in [-0.2, 0) is 0 Å². The first kappa shape index (κ1) is 15.2. The molecule has 0 radical (unpaired) electrons. The van der Waals surface area contributed by atoms with E-state index in [1.165, 1.54) is 19.2 Å². The maximum atomic E-state index is 13.0. The van der Waals surface area contributed by atoms with Crippen LogP contribution in [0.4, 0.5) is 4.39 Å². The lowest BCUT2D eigenvalue weighted by molar-refractivity contribution is 0.385. The summed E-state index contributed by atoms with van der Waals surface area (Å²) in [4.78, 5) is 0. The predicted octanol–water partition coefficient (Wildman–Crippen LogP) is 3.30. The molecule has 1 aromatic carbocycles. The minimum absolute atomic E-state index is 0. The summed E-state index contributed by atoms with van der Waals surface area (Å²) in [6.07, 6.45) is 0.988. The lowest BCUT2D eigenvalue weighted by Crippen LogP contribution is -2.19. The van der Waals surface area contributed by atoms with Crippen molar-refractivity contribution in [3.05, 3.63) is 29.6 Å². The lowest BCUT2D eigenvalue weighted by atomic mass is 9.93. The molecule has 92 valence electrons. The molecule has 0 heterocycles. The van der Waals surface area contributed by atoms with Crippen LogP contribution < -0.4 is 10.5 Å². The fraction of sp³-hybridized carbons (Fsp3) is 0.500. The predicted molar refractivity (Wildman–Crippen MR) is 66.6 cm³/mol. The summed E-state index contributed by atoms with van der Waals surface area (Å²) in [6.45, 7) is 4.16. The van der Waals surface area contributed by atoms with Crippen LogP contribution in [0.25, 0.3) is 0 Å². The van der Waals surface area contributed by atoms with E-state index in [0.29, 0.717) is 11.7 Å². The molecule has 0 amide bonds. The smallest absolute Gasteiger partial charge is 0.126 e. The molecule has 1 aromatic rings. The van der Waals surface area contributed by atoms with E-state index in [0.717, 1.165) is 12.0 Å². The number of benzene rings is 1. The molecule has 0 aliphatic carbocycles. The third kappa shape index (κ3) is 3.35. The van der Waals surface area contributed by atoms with E-state index < -0.39 is 0 Å². The second-order valence-corrected chi connectivity index (χ2v) is 3.80. The Morgan fingerprint density at radius 3 is 2.56 bits per heavy atom. The fourth-order valence-corrected chi connectivity index (χ4v) is 1.52. The molecule has 0 aliphatic heterocycles. The highest BCUT2D eigenvalue weighted by Gasteiger charge is 2.17. The van der Waals surface area contributed by atoms with Gasteiger partial charge in [-0.05, 0) is 12.0 Å². The van der Waals surface area contributed by atoms with Gasteiger partial charge in [-0.2, -0.15) is 0 Å². The van der Waals surface area contributed by atoms with Crippen molar-refractivity contribution in [1.82, 2.24) is 0 Å². The molecule has 2 N–H and O–H groups in total. The maximum absolute atomic E-state index is 13.0. The van der Waals surface area contributed by atoms with Gasteiger partial charge < -0.3 is 10.5 Å². The summed E-state index contributed by atoms with van der Waals surface area (Å²) < 4.78 is 18.1. The van der Waals surface area contributed by atoms with Gasteiger partial charge in [0, 0.05) is 17.7 Å². The van der Waals surface area contributed by atoms with E-state index in [-0.39, 0.29) is 24.3 Å². The SMILES string of the molecule is CCC(C)[C@H](N)c1ccc(F)cc1OC.Cl. The van der Waals surface area contributed by atoms with Crippen LogP contribution in [0.5, 0.6) is 5.75 Å². The van der Waals surface area contributed by atoms with Crippen molar-refractivity contribution < 1.29 is 9.13 Å². The van der Waals surface area contributed by atoms with Crippen molar-refractivity contribution in [3.63, 3.8) is 0 Å². The molecule has 0 spiro atoms. The molecular weight excluding hydrogens is 229 g/mol. The number of hydrogen-bond acceptors (Lipinski definition) is 2. The van der Waals surface area contributed by atoms with E-state index in [9.17, 15) is 4.39 Å². The molecule has 2 atom stereocenters. The first-order valence-electron chi connectivity index (χ1n) is 5.19. The van der Waals surface area contributed by atoms with Crippen molar-refractivity contribution in [2.45, 2.75) is 26.3 Å². The van der Waals surface area contributed by atoms with Crippen molar-refractivity contribution >= 4 is 12.4 Å². The van der Waals surface area contributed by atoms with Crippen LogP contribution in [0.3, 0.4) is 0 Å². The molecule has 0 fully saturated rings. The molecule has 1 unspecified atom stereocenters. The van der Waals surface area contributed by atoms with Crippen LogP contribution in [0, 0.1) is 11.7 Å². The summed E-state index contributed by atoms with van der Waals surface area (Å²) in [5, 5.41) is 0. The van der Waals surface area contributed by atoms with Crippen LogP contribution in [0.15, 0.2) is 18.2 Å². The Morgan fingerprint density at radius 2 is 2.06 bits per heavy atom. The second kappa shape index (κ2) is 6.71. The Labute approximate surface area is 102 Å². The minimum Gasteiger partial charge on any atom is -0.496 e. The number of halogens is 2. The Morgan fingerprint density at radius 1 is 1.44 bits per heavy atom. The summed E-state index contributed by atoms with van der Waals surface area (Å²) in [5.74, 6) is 0.583. The monoisotopic (exact) mass is 247 g/mol. The molecule has 0 saturated carbocycles. The first-order valence-corrected chi connectivity index (χ1v) is 5.19. The van der Waals surface area contributed by atoms with E-state index in [4.69, 9.17) is 10.5 Å². The number of methoxy groups -OCH3 is 1. The molecule has 0 bridgehead atoms. The van der Waals surface area contributed by atoms with Crippen molar-refractivity contribution in [2.24, 2.45) is 11.7 Å². The van der Waals surface area contributed by atoms with Gasteiger partial charge in [-0.25, -0.2) is 4.39 Å². The minimum atomic E-state index is -0.299. The topological polar surface area (TPSA) is 35.2 Å². The number of hydrogen-bond donors (Lipinski definition) is 1. The summed E-state index contributed by atoms with van der Waals surface area (Å²) in [6, 6.07) is 4.38. The highest BCUT2D eigenvalue weighted by Crippen LogP contribution is 2.30. The van der Waals surface area contributed by atoms with Crippen LogP contribution in [0.2, 0.25) is 0 Å². The average molecular weight is 248 g/mol. The van der Waals surface area contributed by atoms with Crippen molar-refractivity contribution in [2.75, 3.05) is 7.11 Å². The third-order valence-electron chi connectivity index (χ3n) is 2.81. The van der Waals surface area contributed by atoms with Gasteiger partial charge >= 0.3 is 0 Å². The Kier molecular flexibility index (Phi) is 6.38. The molecule has 16 heavy (non-hydrogen) atoms. The molecular formula is C12H19ClFNO. The van der Waals surface area contributed by atoms with Gasteiger partial charge in [0.05, 0.1) is 7.11 Å². The largest absolute Gasteiger partial charge is 0.496 e. The molecule has 0 saturated heterocycles. The van der Waals surface area contributed by atoms with Gasteiger partial charge in [-0.1, -0.05) is 26.3 Å². The highest BCUT2D eigenvalue weighted by molar-refractivity contribution is 5.85. The van der Waals surface area contributed by atoms with Gasteiger partial charge in [-0.15, -0.1) is 12.4 Å². The summed E-state index contributed by atoms with van der Waals surface area (Å²) in [7, 11) is 1.53. The maximum Gasteiger partial charge on any atom is 0.126 e. The molecule has 4 heteroatoms. The normalized spacial score (nSPS) is 13.8. The molecule has 1 rings (SSSR count). The van der Waals surface area contributed by atoms with Crippen LogP contribution in [0.1, 0.15) is 31.9 Å². The Bertz CT molecular complexity index is 333. The standard InChI is InChI=1S/C12H18FNO.ClH/c1-4-8(2)12(14)10-6-5-9(13)7-11(10)15-3;/h5-8,12H,4,14H2,1-3H3;1H/t8?,12-;/m0./s1. The third-order valence-corrected chi connectivity index (χ3v) is 2.81. The lowest BCUT2D eigenvalue weighted by Gasteiger charge is -2.20. The number of nitrogens with two attached hydrogens (primary N) is 1. The van der Waals surface area contributed by atoms with E-state index >= 15 is 0 Å². The van der Waals surface area contributed by atoms with Gasteiger partial charge in [0.15, 0.2) is 0 Å². The van der Waals surface area contributed by atoms with Gasteiger partial charge in [0.1, 0.15) is 11.6 Å². The van der Waals surface area contributed by atoms with Gasteiger partial charge in [0.2, 0.25) is 0 Å². The second-order valence-electron chi connectivity index (χ2n) is 3.80. The Hall–Kier alpha value is -0.800. The van der Waals surface area contributed by atoms with Crippen molar-refractivity contribution in [1.29, 1.82) is 0 Å². The zero-order valence-electron chi connectivity index (χ0n) is 9.87. The zero-order chi connectivity index (χ0) is 11.4. The van der Waals surface area contributed by atoms with E-state index in [1.54, 1.807) is 6.07 Å².